The van der Waals surface area contributed by atoms with E-state index < -0.39 is 10.0 Å². The molecule has 5 nitrogen and oxygen atoms in total. The summed E-state index contributed by atoms with van der Waals surface area (Å²) in [6.07, 6.45) is 0.406. The molecule has 1 aliphatic heterocycles. The van der Waals surface area contributed by atoms with Crippen molar-refractivity contribution in [1.82, 2.24) is 0 Å². The number of aryl methyl sites for hydroxylation is 1. The Labute approximate surface area is 145 Å². The van der Waals surface area contributed by atoms with E-state index in [0.29, 0.717) is 17.8 Å². The lowest BCUT2D eigenvalue weighted by Crippen LogP contribution is -2.15. The Bertz CT molecular complexity index is 894. The van der Waals surface area contributed by atoms with Crippen LogP contribution < -0.4 is 10.0 Å². The molecule has 0 bridgehead atoms. The molecule has 0 aromatic heterocycles. The van der Waals surface area contributed by atoms with Crippen LogP contribution in [0.5, 0.6) is 0 Å². The zero-order valence-electron chi connectivity index (χ0n) is 13.4. The summed E-state index contributed by atoms with van der Waals surface area (Å²) in [4.78, 5) is 12.9. The maximum absolute atomic E-state index is 12.6. The van der Waals surface area contributed by atoms with Crippen LogP contribution in [0.25, 0.3) is 0 Å². The fourth-order valence-electron chi connectivity index (χ4n) is 2.52. The van der Waals surface area contributed by atoms with Crippen molar-refractivity contribution in [3.8, 4) is 0 Å². The second kappa shape index (κ2) is 6.49. The molecule has 1 atom stereocenters. The number of carbonyl (C=O) groups excluding carboxylic acids is 1. The van der Waals surface area contributed by atoms with Gasteiger partial charge in [0.25, 0.3) is 10.0 Å². The van der Waals surface area contributed by atoms with Gasteiger partial charge < -0.3 is 5.32 Å². The third-order valence-electron chi connectivity index (χ3n) is 3.61. The van der Waals surface area contributed by atoms with Gasteiger partial charge in [0.1, 0.15) is 0 Å². The average molecular weight is 362 g/mol. The van der Waals surface area contributed by atoms with Crippen LogP contribution in [0.1, 0.15) is 18.9 Å². The number of rotatable bonds is 3. The number of carbonyl (C=O) groups is 1. The highest BCUT2D eigenvalue weighted by Crippen LogP contribution is 2.36. The first-order chi connectivity index (χ1) is 11.3. The van der Waals surface area contributed by atoms with E-state index in [1.165, 1.54) is 6.07 Å². The predicted octanol–water partition coefficient (Wildman–Crippen LogP) is 3.62. The first-order valence-corrected chi connectivity index (χ1v) is 9.90. The summed E-state index contributed by atoms with van der Waals surface area (Å²) < 4.78 is 27.8. The SMILES string of the molecule is Cc1cccc(NS(=O)(=O)c2ccc3c(c2)NC(=O)C[C@@H](C)S3)c1. The maximum atomic E-state index is 12.6. The molecule has 1 amide bonds. The molecular formula is C17H18N2O3S2. The lowest BCUT2D eigenvalue weighted by molar-refractivity contribution is -0.116. The van der Waals surface area contributed by atoms with Crippen molar-refractivity contribution in [3.05, 3.63) is 48.0 Å². The van der Waals surface area contributed by atoms with Gasteiger partial charge in [-0.3, -0.25) is 9.52 Å². The van der Waals surface area contributed by atoms with Crippen LogP contribution in [0, 0.1) is 6.92 Å². The van der Waals surface area contributed by atoms with Crippen LogP contribution >= 0.6 is 11.8 Å². The Morgan fingerprint density at radius 3 is 2.75 bits per heavy atom. The third kappa shape index (κ3) is 3.73. The number of amides is 1. The van der Waals surface area contributed by atoms with Crippen molar-refractivity contribution in [2.45, 2.75) is 35.3 Å². The lowest BCUT2D eigenvalue weighted by atomic mass is 10.2. The van der Waals surface area contributed by atoms with Gasteiger partial charge in [0.2, 0.25) is 5.91 Å². The van der Waals surface area contributed by atoms with Gasteiger partial charge in [-0.25, -0.2) is 8.42 Å². The molecule has 126 valence electrons. The predicted molar refractivity (Wildman–Crippen MR) is 97.0 cm³/mol. The van der Waals surface area contributed by atoms with Crippen LogP contribution in [-0.4, -0.2) is 19.6 Å². The molecule has 0 saturated heterocycles. The number of thioether (sulfide) groups is 1. The van der Waals surface area contributed by atoms with Crippen LogP contribution in [0.4, 0.5) is 11.4 Å². The minimum Gasteiger partial charge on any atom is -0.325 e. The van der Waals surface area contributed by atoms with Gasteiger partial charge in [-0.2, -0.15) is 0 Å². The van der Waals surface area contributed by atoms with Crippen LogP contribution in [-0.2, 0) is 14.8 Å². The highest BCUT2D eigenvalue weighted by atomic mass is 32.2. The van der Waals surface area contributed by atoms with Crippen molar-refractivity contribution in [2.75, 3.05) is 10.0 Å². The van der Waals surface area contributed by atoms with Crippen LogP contribution in [0.15, 0.2) is 52.3 Å². The van der Waals surface area contributed by atoms with Gasteiger partial charge in [0.15, 0.2) is 0 Å². The monoisotopic (exact) mass is 362 g/mol. The highest BCUT2D eigenvalue weighted by molar-refractivity contribution is 8.00. The average Bonchev–Trinajstić information content (AvgIpc) is 2.62. The van der Waals surface area contributed by atoms with Crippen molar-refractivity contribution in [1.29, 1.82) is 0 Å². The van der Waals surface area contributed by atoms with Gasteiger partial charge in [-0.1, -0.05) is 19.1 Å². The molecule has 3 rings (SSSR count). The van der Waals surface area contributed by atoms with E-state index in [9.17, 15) is 13.2 Å². The minimum absolute atomic E-state index is 0.102. The molecule has 0 unspecified atom stereocenters. The van der Waals surface area contributed by atoms with E-state index in [1.54, 1.807) is 42.1 Å². The van der Waals surface area contributed by atoms with E-state index >= 15 is 0 Å². The summed E-state index contributed by atoms with van der Waals surface area (Å²) in [5.74, 6) is -0.102. The molecule has 0 saturated carbocycles. The Balaban J connectivity index is 1.93. The number of hydrogen-bond acceptors (Lipinski definition) is 4. The van der Waals surface area contributed by atoms with Crippen molar-refractivity contribution < 1.29 is 13.2 Å². The molecule has 0 spiro atoms. The van der Waals surface area contributed by atoms with E-state index in [1.807, 2.05) is 19.9 Å². The lowest BCUT2D eigenvalue weighted by Gasteiger charge is -2.12. The summed E-state index contributed by atoms with van der Waals surface area (Å²) in [5.41, 5.74) is 2.02. The van der Waals surface area contributed by atoms with Crippen LogP contribution in [0.3, 0.4) is 0 Å². The highest BCUT2D eigenvalue weighted by Gasteiger charge is 2.22. The second-order valence-electron chi connectivity index (χ2n) is 5.81. The van der Waals surface area contributed by atoms with E-state index in [2.05, 4.69) is 10.0 Å². The minimum atomic E-state index is -3.72. The van der Waals surface area contributed by atoms with Gasteiger partial charge in [0.05, 0.1) is 10.6 Å². The summed E-state index contributed by atoms with van der Waals surface area (Å²) in [7, 11) is -3.72. The fraction of sp³-hybridized carbons (Fsp3) is 0.235. The number of sulfonamides is 1. The smallest absolute Gasteiger partial charge is 0.261 e. The van der Waals surface area contributed by atoms with Crippen LogP contribution in [0.2, 0.25) is 0 Å². The van der Waals surface area contributed by atoms with Gasteiger partial charge in [-0.15, -0.1) is 11.8 Å². The van der Waals surface area contributed by atoms with E-state index in [0.717, 1.165) is 10.5 Å². The number of hydrogen-bond donors (Lipinski definition) is 2. The van der Waals surface area contributed by atoms with Crippen molar-refractivity contribution >= 4 is 39.1 Å². The molecule has 2 aromatic carbocycles. The maximum Gasteiger partial charge on any atom is 0.261 e. The molecule has 7 heteroatoms. The normalized spacial score (nSPS) is 17.6. The topological polar surface area (TPSA) is 75.3 Å². The fourth-order valence-corrected chi connectivity index (χ4v) is 4.65. The Morgan fingerprint density at radius 2 is 2.00 bits per heavy atom. The summed E-state index contributed by atoms with van der Waals surface area (Å²) in [6, 6.07) is 12.0. The number of benzene rings is 2. The number of fused-ring (bicyclic) bond motifs is 1. The van der Waals surface area contributed by atoms with Crippen molar-refractivity contribution in [2.24, 2.45) is 0 Å². The van der Waals surface area contributed by atoms with E-state index in [-0.39, 0.29) is 16.1 Å². The Hall–Kier alpha value is -1.99. The molecule has 1 heterocycles. The summed E-state index contributed by atoms with van der Waals surface area (Å²) in [6.45, 7) is 3.87. The van der Waals surface area contributed by atoms with Gasteiger partial charge in [-0.05, 0) is 42.8 Å². The zero-order valence-corrected chi connectivity index (χ0v) is 15.0. The molecular weight excluding hydrogens is 344 g/mol. The molecule has 0 aliphatic carbocycles. The number of anilines is 2. The molecule has 1 aliphatic rings. The third-order valence-corrected chi connectivity index (χ3v) is 6.16. The standard InChI is InChI=1S/C17H18N2O3S2/c1-11-4-3-5-13(8-11)19-24(21,22)14-6-7-16-15(10-14)18-17(20)9-12(2)23-16/h3-8,10,12,19H,9H2,1-2H3,(H,18,20)/t12-/m1/s1. The van der Waals surface area contributed by atoms with Crippen molar-refractivity contribution in [3.63, 3.8) is 0 Å². The quantitative estimate of drug-likeness (QED) is 0.874. The van der Waals surface area contributed by atoms with Gasteiger partial charge in [0, 0.05) is 22.3 Å². The number of nitrogens with one attached hydrogen (secondary N) is 2. The second-order valence-corrected chi connectivity index (χ2v) is 8.98. The first kappa shape index (κ1) is 16.9. The Kier molecular flexibility index (Phi) is 4.56. The molecule has 0 fully saturated rings. The summed E-state index contributed by atoms with van der Waals surface area (Å²) in [5, 5.41) is 2.94. The Morgan fingerprint density at radius 1 is 1.21 bits per heavy atom. The molecule has 2 N–H and O–H groups in total. The first-order valence-electron chi connectivity index (χ1n) is 7.53. The van der Waals surface area contributed by atoms with Gasteiger partial charge >= 0.3 is 0 Å². The zero-order chi connectivity index (χ0) is 17.3. The molecule has 2 aromatic rings. The largest absolute Gasteiger partial charge is 0.325 e. The van der Waals surface area contributed by atoms with E-state index in [4.69, 9.17) is 0 Å². The molecule has 24 heavy (non-hydrogen) atoms. The summed E-state index contributed by atoms with van der Waals surface area (Å²) >= 11 is 1.56. The molecule has 0 radical (unpaired) electrons.